The highest BCUT2D eigenvalue weighted by Gasteiger charge is 2.20. The summed E-state index contributed by atoms with van der Waals surface area (Å²) < 4.78 is 4.61. The summed E-state index contributed by atoms with van der Waals surface area (Å²) in [6.45, 7) is 0.623. The Balaban J connectivity index is 1.97. The maximum absolute atomic E-state index is 11.0. The van der Waals surface area contributed by atoms with Crippen molar-refractivity contribution < 1.29 is 14.6 Å². The number of esters is 1. The number of phenols is 1. The van der Waals surface area contributed by atoms with E-state index in [4.69, 9.17) is 0 Å². The lowest BCUT2D eigenvalue weighted by Gasteiger charge is -2.26. The largest absolute Gasteiger partial charge is 0.508 e. The Morgan fingerprint density at radius 1 is 1.56 bits per heavy atom. The first-order chi connectivity index (χ1) is 8.70. The molecule has 0 fully saturated rings. The van der Waals surface area contributed by atoms with Gasteiger partial charge < -0.3 is 15.2 Å². The molecule has 1 atom stereocenters. The van der Waals surface area contributed by atoms with Crippen LogP contribution in [0.5, 0.6) is 5.75 Å². The van der Waals surface area contributed by atoms with E-state index in [0.717, 1.165) is 19.3 Å². The molecule has 1 unspecified atom stereocenters. The Kier molecular flexibility index (Phi) is 4.20. The van der Waals surface area contributed by atoms with E-state index < -0.39 is 0 Å². The van der Waals surface area contributed by atoms with Gasteiger partial charge in [0, 0.05) is 12.6 Å². The van der Waals surface area contributed by atoms with Crippen LogP contribution in [0.25, 0.3) is 0 Å². The van der Waals surface area contributed by atoms with Gasteiger partial charge in [0.25, 0.3) is 0 Å². The number of fused-ring (bicyclic) bond motifs is 1. The van der Waals surface area contributed by atoms with Gasteiger partial charge in [-0.2, -0.15) is 0 Å². The number of ether oxygens (including phenoxy) is 1. The first-order valence-electron chi connectivity index (χ1n) is 6.32. The molecule has 1 aliphatic carbocycles. The Labute approximate surface area is 107 Å². The first kappa shape index (κ1) is 12.9. The second kappa shape index (κ2) is 5.87. The Hall–Kier alpha value is -1.55. The molecule has 2 rings (SSSR count). The number of carbonyl (C=O) groups is 1. The molecule has 0 aromatic heterocycles. The molecule has 0 saturated carbocycles. The monoisotopic (exact) mass is 249 g/mol. The van der Waals surface area contributed by atoms with Crippen LogP contribution >= 0.6 is 0 Å². The normalized spacial score (nSPS) is 18.2. The van der Waals surface area contributed by atoms with Crippen LogP contribution < -0.4 is 5.32 Å². The van der Waals surface area contributed by atoms with E-state index in [0.29, 0.717) is 18.7 Å². The summed E-state index contributed by atoms with van der Waals surface area (Å²) in [5.41, 5.74) is 2.45. The lowest BCUT2D eigenvalue weighted by atomic mass is 9.87. The molecule has 98 valence electrons. The van der Waals surface area contributed by atoms with E-state index in [-0.39, 0.29) is 12.0 Å². The van der Waals surface area contributed by atoms with Gasteiger partial charge in [-0.1, -0.05) is 6.07 Å². The van der Waals surface area contributed by atoms with Crippen molar-refractivity contribution in [3.8, 4) is 5.75 Å². The van der Waals surface area contributed by atoms with Crippen molar-refractivity contribution in [1.29, 1.82) is 0 Å². The van der Waals surface area contributed by atoms with E-state index in [9.17, 15) is 9.90 Å². The summed E-state index contributed by atoms with van der Waals surface area (Å²) in [6, 6.07) is 5.81. The summed E-state index contributed by atoms with van der Waals surface area (Å²) in [4.78, 5) is 11.0. The standard InChI is InChI=1S/C14H19NO3/c1-18-14(17)7-8-15-13-4-2-3-10-9-11(16)5-6-12(10)13/h5-6,9,13,15-16H,2-4,7-8H2,1H3. The number of nitrogens with one attached hydrogen (secondary N) is 1. The molecule has 4 heteroatoms. The zero-order valence-corrected chi connectivity index (χ0v) is 10.6. The second-order valence-corrected chi connectivity index (χ2v) is 4.61. The number of phenolic OH excluding ortho intramolecular Hbond substituents is 1. The van der Waals surface area contributed by atoms with Crippen molar-refractivity contribution in [3.05, 3.63) is 29.3 Å². The van der Waals surface area contributed by atoms with Crippen LogP contribution in [0.15, 0.2) is 18.2 Å². The van der Waals surface area contributed by atoms with Crippen LogP contribution in [0, 0.1) is 0 Å². The highest BCUT2D eigenvalue weighted by Crippen LogP contribution is 2.31. The van der Waals surface area contributed by atoms with Crippen LogP contribution in [0.2, 0.25) is 0 Å². The van der Waals surface area contributed by atoms with Gasteiger partial charge in [0.2, 0.25) is 0 Å². The van der Waals surface area contributed by atoms with Crippen molar-refractivity contribution in [2.24, 2.45) is 0 Å². The lowest BCUT2D eigenvalue weighted by molar-refractivity contribution is -0.140. The van der Waals surface area contributed by atoms with Crippen LogP contribution in [0.4, 0.5) is 0 Å². The molecule has 2 N–H and O–H groups in total. The fraction of sp³-hybridized carbons (Fsp3) is 0.500. The van der Waals surface area contributed by atoms with Crippen molar-refractivity contribution in [1.82, 2.24) is 5.32 Å². The van der Waals surface area contributed by atoms with Gasteiger partial charge >= 0.3 is 5.97 Å². The van der Waals surface area contributed by atoms with E-state index in [1.165, 1.54) is 18.2 Å². The third kappa shape index (κ3) is 3.01. The van der Waals surface area contributed by atoms with Gasteiger partial charge in [0.15, 0.2) is 0 Å². The molecule has 0 heterocycles. The van der Waals surface area contributed by atoms with Crippen molar-refractivity contribution >= 4 is 5.97 Å². The number of benzene rings is 1. The zero-order chi connectivity index (χ0) is 13.0. The van der Waals surface area contributed by atoms with Crippen molar-refractivity contribution in [3.63, 3.8) is 0 Å². The minimum absolute atomic E-state index is 0.191. The number of rotatable bonds is 4. The van der Waals surface area contributed by atoms with Crippen molar-refractivity contribution in [2.75, 3.05) is 13.7 Å². The molecule has 1 aliphatic rings. The molecular weight excluding hydrogens is 230 g/mol. The van der Waals surface area contributed by atoms with Crippen LogP contribution in [-0.2, 0) is 16.0 Å². The fourth-order valence-corrected chi connectivity index (χ4v) is 2.46. The topological polar surface area (TPSA) is 58.6 Å². The maximum atomic E-state index is 11.0. The van der Waals surface area contributed by atoms with Gasteiger partial charge in [0.05, 0.1) is 13.5 Å². The van der Waals surface area contributed by atoms with Gasteiger partial charge in [-0.05, 0) is 42.5 Å². The summed E-state index contributed by atoms with van der Waals surface area (Å²) in [5, 5.41) is 12.9. The number of hydrogen-bond donors (Lipinski definition) is 2. The quantitative estimate of drug-likeness (QED) is 0.800. The molecular formula is C14H19NO3. The summed E-state index contributed by atoms with van der Waals surface area (Å²) in [7, 11) is 1.40. The third-order valence-electron chi connectivity index (χ3n) is 3.39. The second-order valence-electron chi connectivity index (χ2n) is 4.61. The highest BCUT2D eigenvalue weighted by molar-refractivity contribution is 5.69. The van der Waals surface area contributed by atoms with E-state index in [1.807, 2.05) is 12.1 Å². The van der Waals surface area contributed by atoms with Crippen molar-refractivity contribution in [2.45, 2.75) is 31.7 Å². The number of carbonyl (C=O) groups excluding carboxylic acids is 1. The van der Waals surface area contributed by atoms with Gasteiger partial charge in [-0.3, -0.25) is 4.79 Å². The predicted octanol–water partition coefficient (Wildman–Crippen LogP) is 1.92. The van der Waals surface area contributed by atoms with Gasteiger partial charge in [-0.15, -0.1) is 0 Å². The summed E-state index contributed by atoms with van der Waals surface area (Å²) in [6.07, 6.45) is 3.57. The summed E-state index contributed by atoms with van der Waals surface area (Å²) >= 11 is 0. The highest BCUT2D eigenvalue weighted by atomic mass is 16.5. The molecule has 0 bridgehead atoms. The minimum atomic E-state index is -0.191. The number of hydrogen-bond acceptors (Lipinski definition) is 4. The van der Waals surface area contributed by atoms with E-state index in [2.05, 4.69) is 10.1 Å². The Morgan fingerprint density at radius 2 is 2.39 bits per heavy atom. The van der Waals surface area contributed by atoms with Crippen LogP contribution in [-0.4, -0.2) is 24.7 Å². The molecule has 1 aromatic carbocycles. The molecule has 0 radical (unpaired) electrons. The van der Waals surface area contributed by atoms with Crippen LogP contribution in [0.3, 0.4) is 0 Å². The molecule has 0 saturated heterocycles. The number of aromatic hydroxyl groups is 1. The number of methoxy groups -OCH3 is 1. The first-order valence-corrected chi connectivity index (χ1v) is 6.32. The predicted molar refractivity (Wildman–Crippen MR) is 68.4 cm³/mol. The molecule has 4 nitrogen and oxygen atoms in total. The maximum Gasteiger partial charge on any atom is 0.306 e. The molecule has 0 aliphatic heterocycles. The lowest BCUT2D eigenvalue weighted by Crippen LogP contribution is -2.27. The van der Waals surface area contributed by atoms with Gasteiger partial charge in [0.1, 0.15) is 5.75 Å². The van der Waals surface area contributed by atoms with Gasteiger partial charge in [-0.25, -0.2) is 0 Å². The fourth-order valence-electron chi connectivity index (χ4n) is 2.46. The molecule has 18 heavy (non-hydrogen) atoms. The Bertz CT molecular complexity index is 431. The van der Waals surface area contributed by atoms with Crippen LogP contribution in [0.1, 0.15) is 36.4 Å². The minimum Gasteiger partial charge on any atom is -0.508 e. The molecule has 0 spiro atoms. The van der Waals surface area contributed by atoms with E-state index in [1.54, 1.807) is 6.07 Å². The van der Waals surface area contributed by atoms with E-state index >= 15 is 0 Å². The number of aryl methyl sites for hydroxylation is 1. The third-order valence-corrected chi connectivity index (χ3v) is 3.39. The molecule has 0 amide bonds. The molecule has 1 aromatic rings. The average Bonchev–Trinajstić information content (AvgIpc) is 2.38. The summed E-state index contributed by atoms with van der Waals surface area (Å²) in [5.74, 6) is 0.133. The smallest absolute Gasteiger partial charge is 0.306 e. The average molecular weight is 249 g/mol. The Morgan fingerprint density at radius 3 is 3.17 bits per heavy atom. The SMILES string of the molecule is COC(=O)CCNC1CCCc2cc(O)ccc21. The zero-order valence-electron chi connectivity index (χ0n) is 10.6.